The molecular weight excluding hydrogens is 410 g/mol. The van der Waals surface area contributed by atoms with Crippen LogP contribution in [0.3, 0.4) is 0 Å². The van der Waals surface area contributed by atoms with Crippen molar-refractivity contribution in [3.05, 3.63) is 78.4 Å². The predicted molar refractivity (Wildman–Crippen MR) is 136 cm³/mol. The zero-order chi connectivity index (χ0) is 23.3. The lowest BCUT2D eigenvalue weighted by molar-refractivity contribution is 0.251. The van der Waals surface area contributed by atoms with E-state index >= 15 is 0 Å². The Hall–Kier alpha value is -3.12. The largest absolute Gasteiger partial charge is 0.396 e. The molecule has 0 aliphatic rings. The molecule has 0 fully saturated rings. The molecule has 0 saturated carbocycles. The fourth-order valence-corrected chi connectivity index (χ4v) is 4.01. The summed E-state index contributed by atoms with van der Waals surface area (Å²) in [5.74, 6) is 1.28. The Labute approximate surface area is 197 Å². The first-order valence-electron chi connectivity index (χ1n) is 12.0. The van der Waals surface area contributed by atoms with Gasteiger partial charge in [0.05, 0.1) is 12.9 Å². The normalized spacial score (nSPS) is 12.5. The van der Waals surface area contributed by atoms with Crippen LogP contribution < -0.4 is 10.6 Å². The second-order valence-electron chi connectivity index (χ2n) is 8.33. The van der Waals surface area contributed by atoms with E-state index in [2.05, 4.69) is 82.6 Å². The molecule has 33 heavy (non-hydrogen) atoms. The minimum absolute atomic E-state index is 0.231. The van der Waals surface area contributed by atoms with Gasteiger partial charge in [-0.2, -0.15) is 0 Å². The van der Waals surface area contributed by atoms with Crippen LogP contribution in [0, 0.1) is 5.92 Å². The van der Waals surface area contributed by atoms with Gasteiger partial charge < -0.3 is 20.3 Å². The summed E-state index contributed by atoms with van der Waals surface area (Å²) in [6, 6.07) is 17.2. The minimum Gasteiger partial charge on any atom is -0.396 e. The van der Waals surface area contributed by atoms with Gasteiger partial charge >= 0.3 is 0 Å². The first-order valence-corrected chi connectivity index (χ1v) is 12.0. The van der Waals surface area contributed by atoms with Crippen LogP contribution in [0.2, 0.25) is 0 Å². The maximum atomic E-state index is 9.33. The van der Waals surface area contributed by atoms with Crippen LogP contribution >= 0.6 is 0 Å². The highest BCUT2D eigenvalue weighted by atomic mass is 16.3. The number of aliphatic imine (C=N–C) groups is 1. The van der Waals surface area contributed by atoms with Crippen LogP contribution in [0.1, 0.15) is 44.2 Å². The second-order valence-corrected chi connectivity index (χ2v) is 8.33. The molecule has 0 bridgehead atoms. The number of guanidine groups is 1. The molecule has 1 atom stereocenters. The van der Waals surface area contributed by atoms with Crippen molar-refractivity contribution in [1.29, 1.82) is 0 Å². The lowest BCUT2D eigenvalue weighted by Gasteiger charge is -2.18. The number of aromatic nitrogens is 2. The number of imidazole rings is 1. The van der Waals surface area contributed by atoms with Gasteiger partial charge in [0.15, 0.2) is 5.96 Å². The van der Waals surface area contributed by atoms with Gasteiger partial charge in [-0.1, -0.05) is 61.9 Å². The molecule has 2 aromatic carbocycles. The fourth-order valence-electron chi connectivity index (χ4n) is 4.01. The van der Waals surface area contributed by atoms with Crippen molar-refractivity contribution < 1.29 is 5.11 Å². The zero-order valence-corrected chi connectivity index (χ0v) is 19.9. The van der Waals surface area contributed by atoms with Gasteiger partial charge in [-0.3, -0.25) is 0 Å². The van der Waals surface area contributed by atoms with Gasteiger partial charge in [-0.25, -0.2) is 9.98 Å². The van der Waals surface area contributed by atoms with Crippen LogP contribution in [0.25, 0.3) is 11.1 Å². The molecule has 0 aliphatic carbocycles. The summed E-state index contributed by atoms with van der Waals surface area (Å²) in [7, 11) is 0. The molecule has 0 radical (unpaired) electrons. The van der Waals surface area contributed by atoms with Gasteiger partial charge in [-0.15, -0.1) is 0 Å². The Balaban J connectivity index is 1.69. The summed E-state index contributed by atoms with van der Waals surface area (Å²) in [4.78, 5) is 8.96. The Bertz CT molecular complexity index is 960. The maximum Gasteiger partial charge on any atom is 0.191 e. The van der Waals surface area contributed by atoms with E-state index in [1.165, 1.54) is 22.3 Å². The average Bonchev–Trinajstić information content (AvgIpc) is 3.35. The standard InChI is InChI=1S/C27H37N5O/c1-3-7-22(14-17-33)18-30-27(29-4-2)31-19-25-8-5-6-9-26(25)24-12-10-23(11-13-24)20-32-16-15-28-21-32/h5-6,8-13,15-16,21-22,33H,3-4,7,14,17-20H2,1-2H3,(H2,29,30,31). The molecule has 0 aliphatic heterocycles. The first-order chi connectivity index (χ1) is 16.2. The van der Waals surface area contributed by atoms with Gasteiger partial charge in [0.25, 0.3) is 0 Å². The number of aliphatic hydroxyl groups excluding tert-OH is 1. The van der Waals surface area contributed by atoms with Gasteiger partial charge in [0.1, 0.15) is 0 Å². The van der Waals surface area contributed by atoms with Crippen LogP contribution in [-0.4, -0.2) is 40.3 Å². The number of benzene rings is 2. The molecule has 3 aromatic rings. The molecule has 3 N–H and O–H groups in total. The Morgan fingerprint density at radius 1 is 1.06 bits per heavy atom. The summed E-state index contributed by atoms with van der Waals surface area (Å²) < 4.78 is 2.07. The van der Waals surface area contributed by atoms with E-state index < -0.39 is 0 Å². The number of aliphatic hydroxyl groups is 1. The van der Waals surface area contributed by atoms with Crippen molar-refractivity contribution in [3.63, 3.8) is 0 Å². The molecular formula is C27H37N5O. The highest BCUT2D eigenvalue weighted by Crippen LogP contribution is 2.25. The van der Waals surface area contributed by atoms with Crippen LogP contribution in [0.15, 0.2) is 72.2 Å². The third-order valence-corrected chi connectivity index (χ3v) is 5.75. The van der Waals surface area contributed by atoms with Crippen LogP contribution in [0.4, 0.5) is 0 Å². The number of rotatable bonds is 12. The highest BCUT2D eigenvalue weighted by Gasteiger charge is 2.09. The van der Waals surface area contributed by atoms with E-state index in [1.54, 1.807) is 6.20 Å². The quantitative estimate of drug-likeness (QED) is 0.283. The summed E-state index contributed by atoms with van der Waals surface area (Å²) in [5, 5.41) is 16.1. The molecule has 176 valence electrons. The monoisotopic (exact) mass is 447 g/mol. The summed E-state index contributed by atoms with van der Waals surface area (Å²) >= 11 is 0. The molecule has 0 spiro atoms. The molecule has 6 heteroatoms. The Kier molecular flexibility index (Phi) is 9.98. The van der Waals surface area contributed by atoms with E-state index in [0.29, 0.717) is 12.5 Å². The average molecular weight is 448 g/mol. The third kappa shape index (κ3) is 7.75. The summed E-state index contributed by atoms with van der Waals surface area (Å²) in [6.07, 6.45) is 8.66. The molecule has 6 nitrogen and oxygen atoms in total. The van der Waals surface area contributed by atoms with E-state index in [4.69, 9.17) is 4.99 Å². The lowest BCUT2D eigenvalue weighted by Crippen LogP contribution is -2.40. The van der Waals surface area contributed by atoms with Crippen molar-refractivity contribution in [2.75, 3.05) is 19.7 Å². The highest BCUT2D eigenvalue weighted by molar-refractivity contribution is 5.80. The van der Waals surface area contributed by atoms with Crippen LogP contribution in [0.5, 0.6) is 0 Å². The number of nitrogens with zero attached hydrogens (tertiary/aromatic N) is 3. The van der Waals surface area contributed by atoms with Crippen molar-refractivity contribution in [3.8, 4) is 11.1 Å². The molecule has 0 amide bonds. The lowest BCUT2D eigenvalue weighted by atomic mass is 9.98. The molecule has 1 aromatic heterocycles. The summed E-state index contributed by atoms with van der Waals surface area (Å²) in [5.41, 5.74) is 4.84. The molecule has 1 heterocycles. The predicted octanol–water partition coefficient (Wildman–Crippen LogP) is 4.45. The fraction of sp³-hybridized carbons (Fsp3) is 0.407. The SMILES string of the molecule is CCCC(CCO)CNC(=NCc1ccccc1-c1ccc(Cn2ccnc2)cc1)NCC. The van der Waals surface area contributed by atoms with Gasteiger partial charge in [0.2, 0.25) is 0 Å². The Morgan fingerprint density at radius 2 is 1.88 bits per heavy atom. The number of hydrogen-bond donors (Lipinski definition) is 3. The van der Waals surface area contributed by atoms with Crippen LogP contribution in [-0.2, 0) is 13.1 Å². The van der Waals surface area contributed by atoms with Gasteiger partial charge in [-0.05, 0) is 47.9 Å². The number of nitrogens with one attached hydrogen (secondary N) is 2. The van der Waals surface area contributed by atoms with Crippen molar-refractivity contribution in [2.45, 2.75) is 46.2 Å². The van der Waals surface area contributed by atoms with E-state index in [9.17, 15) is 5.11 Å². The molecule has 3 rings (SSSR count). The topological polar surface area (TPSA) is 74.5 Å². The molecule has 0 saturated heterocycles. The number of hydrogen-bond acceptors (Lipinski definition) is 3. The van der Waals surface area contributed by atoms with Crippen molar-refractivity contribution in [1.82, 2.24) is 20.2 Å². The first kappa shape index (κ1) is 24.5. The minimum atomic E-state index is 0.231. The second kappa shape index (κ2) is 13.4. The van der Waals surface area contributed by atoms with Crippen molar-refractivity contribution in [2.24, 2.45) is 10.9 Å². The van der Waals surface area contributed by atoms with E-state index in [-0.39, 0.29) is 6.61 Å². The zero-order valence-electron chi connectivity index (χ0n) is 19.9. The molecule has 1 unspecified atom stereocenters. The smallest absolute Gasteiger partial charge is 0.191 e. The maximum absolute atomic E-state index is 9.33. The summed E-state index contributed by atoms with van der Waals surface area (Å²) in [6.45, 7) is 7.54. The van der Waals surface area contributed by atoms with E-state index in [1.807, 2.05) is 12.5 Å². The third-order valence-electron chi connectivity index (χ3n) is 5.75. The van der Waals surface area contributed by atoms with Gasteiger partial charge in [0, 0.05) is 38.6 Å². The van der Waals surface area contributed by atoms with E-state index in [0.717, 1.165) is 44.9 Å². The Morgan fingerprint density at radius 3 is 2.58 bits per heavy atom. The van der Waals surface area contributed by atoms with Crippen molar-refractivity contribution >= 4 is 5.96 Å².